The number of nitrogens with one attached hydrogen (secondary N) is 1. The van der Waals surface area contributed by atoms with Crippen molar-refractivity contribution in [2.24, 2.45) is 0 Å². The van der Waals surface area contributed by atoms with Gasteiger partial charge in [0, 0.05) is 13.0 Å². The van der Waals surface area contributed by atoms with Crippen LogP contribution >= 0.6 is 0 Å². The summed E-state index contributed by atoms with van der Waals surface area (Å²) >= 11 is 0. The number of benzene rings is 2. The standard InChI is InChI=1S/C19H22N2O6S2/c1-27-17-10-9-16(21-19(22)11-13-28(21,23)24)14-18(17)29(25,26)20-12-5-8-15-6-3-2-4-7-15/h2-4,6-7,9-10,14,20H,5,8,11-13H2,1H3. The van der Waals surface area contributed by atoms with E-state index in [0.717, 1.165) is 11.6 Å². The van der Waals surface area contributed by atoms with Gasteiger partial charge >= 0.3 is 0 Å². The second kappa shape index (κ2) is 8.52. The Labute approximate surface area is 170 Å². The van der Waals surface area contributed by atoms with E-state index in [2.05, 4.69) is 4.72 Å². The molecule has 1 aliphatic heterocycles. The average molecular weight is 439 g/mol. The van der Waals surface area contributed by atoms with Gasteiger partial charge in [0.15, 0.2) is 0 Å². The quantitative estimate of drug-likeness (QED) is 0.628. The number of amides is 1. The second-order valence-corrected chi connectivity index (χ2v) is 10.2. The van der Waals surface area contributed by atoms with Gasteiger partial charge in [0.1, 0.15) is 10.6 Å². The highest BCUT2D eigenvalue weighted by Crippen LogP contribution is 2.32. The van der Waals surface area contributed by atoms with Gasteiger partial charge in [-0.05, 0) is 36.6 Å². The van der Waals surface area contributed by atoms with Crippen LogP contribution < -0.4 is 13.8 Å². The molecule has 1 N–H and O–H groups in total. The number of aryl methyl sites for hydroxylation is 1. The van der Waals surface area contributed by atoms with Crippen molar-refractivity contribution in [2.45, 2.75) is 24.2 Å². The van der Waals surface area contributed by atoms with Crippen LogP contribution in [0.4, 0.5) is 5.69 Å². The third-order valence-electron chi connectivity index (χ3n) is 4.53. The van der Waals surface area contributed by atoms with Crippen molar-refractivity contribution in [2.75, 3.05) is 23.7 Å². The Morgan fingerprint density at radius 1 is 1.14 bits per heavy atom. The van der Waals surface area contributed by atoms with E-state index >= 15 is 0 Å². The van der Waals surface area contributed by atoms with Crippen LogP contribution in [-0.2, 0) is 31.3 Å². The van der Waals surface area contributed by atoms with E-state index in [4.69, 9.17) is 4.74 Å². The molecule has 1 aliphatic rings. The second-order valence-electron chi connectivity index (χ2n) is 6.55. The van der Waals surface area contributed by atoms with Crippen molar-refractivity contribution in [3.63, 3.8) is 0 Å². The third kappa shape index (κ3) is 4.77. The highest BCUT2D eigenvalue weighted by atomic mass is 32.2. The maximum Gasteiger partial charge on any atom is 0.244 e. The molecule has 0 atom stereocenters. The summed E-state index contributed by atoms with van der Waals surface area (Å²) in [7, 11) is -6.45. The molecule has 1 amide bonds. The SMILES string of the molecule is COc1ccc(N2C(=O)CCS2(=O)=O)cc1S(=O)(=O)NCCCc1ccccc1. The Hall–Kier alpha value is -2.43. The van der Waals surface area contributed by atoms with Crippen LogP contribution in [0.15, 0.2) is 53.4 Å². The van der Waals surface area contributed by atoms with E-state index in [9.17, 15) is 21.6 Å². The molecule has 1 heterocycles. The Morgan fingerprint density at radius 2 is 1.86 bits per heavy atom. The first-order valence-corrected chi connectivity index (χ1v) is 12.1. The van der Waals surface area contributed by atoms with E-state index in [1.165, 1.54) is 19.2 Å². The summed E-state index contributed by atoms with van der Waals surface area (Å²) < 4.78 is 58.2. The highest BCUT2D eigenvalue weighted by Gasteiger charge is 2.37. The van der Waals surface area contributed by atoms with Crippen molar-refractivity contribution in [1.29, 1.82) is 0 Å². The molecule has 8 nitrogen and oxygen atoms in total. The molecule has 0 saturated carbocycles. The average Bonchev–Trinajstić information content (AvgIpc) is 2.98. The summed E-state index contributed by atoms with van der Waals surface area (Å²) in [6, 6.07) is 13.5. The molecule has 1 saturated heterocycles. The van der Waals surface area contributed by atoms with Gasteiger partial charge in [0.2, 0.25) is 26.0 Å². The van der Waals surface area contributed by atoms with E-state index in [-0.39, 0.29) is 35.1 Å². The molecule has 0 spiro atoms. The molecule has 2 aromatic rings. The fraction of sp³-hybridized carbons (Fsp3) is 0.316. The molecular weight excluding hydrogens is 416 g/mol. The number of nitrogens with zero attached hydrogens (tertiary/aromatic N) is 1. The summed E-state index contributed by atoms with van der Waals surface area (Å²) in [6.45, 7) is 0.200. The maximum atomic E-state index is 12.8. The number of hydrogen-bond donors (Lipinski definition) is 1. The van der Waals surface area contributed by atoms with Crippen molar-refractivity contribution >= 4 is 31.6 Å². The molecule has 10 heteroatoms. The summed E-state index contributed by atoms with van der Waals surface area (Å²) in [6.07, 6.45) is 1.17. The molecule has 0 aliphatic carbocycles. The first kappa shape index (κ1) is 21.3. The first-order valence-electron chi connectivity index (χ1n) is 9.02. The lowest BCUT2D eigenvalue weighted by atomic mass is 10.1. The lowest BCUT2D eigenvalue weighted by Crippen LogP contribution is -2.30. The largest absolute Gasteiger partial charge is 0.495 e. The maximum absolute atomic E-state index is 12.8. The van der Waals surface area contributed by atoms with E-state index in [1.54, 1.807) is 0 Å². The van der Waals surface area contributed by atoms with Crippen LogP contribution in [0.5, 0.6) is 5.75 Å². The number of anilines is 1. The van der Waals surface area contributed by atoms with Gasteiger partial charge in [0.25, 0.3) is 0 Å². The molecule has 1 fully saturated rings. The molecule has 0 bridgehead atoms. The first-order chi connectivity index (χ1) is 13.7. The number of rotatable bonds is 8. The molecule has 3 rings (SSSR count). The smallest absolute Gasteiger partial charge is 0.244 e. The fourth-order valence-electron chi connectivity index (χ4n) is 3.09. The number of methoxy groups -OCH3 is 1. The van der Waals surface area contributed by atoms with Gasteiger partial charge in [-0.3, -0.25) is 4.79 Å². The summed E-state index contributed by atoms with van der Waals surface area (Å²) in [5.74, 6) is -0.819. The van der Waals surface area contributed by atoms with Crippen LogP contribution in [0.2, 0.25) is 0 Å². The monoisotopic (exact) mass is 438 g/mol. The molecule has 156 valence electrons. The van der Waals surface area contributed by atoms with Gasteiger partial charge in [-0.25, -0.2) is 25.9 Å². The summed E-state index contributed by atoms with van der Waals surface area (Å²) in [4.78, 5) is 11.8. The number of carbonyl (C=O) groups is 1. The van der Waals surface area contributed by atoms with Crippen molar-refractivity contribution < 1.29 is 26.4 Å². The normalized spacial score (nSPS) is 16.2. The minimum absolute atomic E-state index is 0.0158. The number of sulfonamides is 2. The van der Waals surface area contributed by atoms with Gasteiger partial charge in [-0.2, -0.15) is 0 Å². The lowest BCUT2D eigenvalue weighted by Gasteiger charge is -2.18. The van der Waals surface area contributed by atoms with E-state index < -0.39 is 26.0 Å². The van der Waals surface area contributed by atoms with Crippen LogP contribution in [0.3, 0.4) is 0 Å². The Balaban J connectivity index is 1.79. The zero-order valence-electron chi connectivity index (χ0n) is 15.9. The number of ether oxygens (including phenoxy) is 1. The molecular formula is C19H22N2O6S2. The topological polar surface area (TPSA) is 110 Å². The predicted molar refractivity (Wildman–Crippen MR) is 109 cm³/mol. The zero-order valence-corrected chi connectivity index (χ0v) is 17.5. The lowest BCUT2D eigenvalue weighted by molar-refractivity contribution is -0.116. The Kier molecular flexibility index (Phi) is 6.25. The van der Waals surface area contributed by atoms with Crippen LogP contribution in [0.25, 0.3) is 0 Å². The fourth-order valence-corrected chi connectivity index (χ4v) is 5.80. The Bertz CT molecular complexity index is 1100. The minimum Gasteiger partial charge on any atom is -0.495 e. The molecule has 0 unspecified atom stereocenters. The van der Waals surface area contributed by atoms with Crippen molar-refractivity contribution in [1.82, 2.24) is 4.72 Å². The molecule has 29 heavy (non-hydrogen) atoms. The molecule has 2 aromatic carbocycles. The van der Waals surface area contributed by atoms with Crippen LogP contribution in [0.1, 0.15) is 18.4 Å². The highest BCUT2D eigenvalue weighted by molar-refractivity contribution is 7.94. The predicted octanol–water partition coefficient (Wildman–Crippen LogP) is 1.67. The number of carbonyl (C=O) groups excluding carboxylic acids is 1. The summed E-state index contributed by atoms with van der Waals surface area (Å²) in [5.41, 5.74) is 1.09. The van der Waals surface area contributed by atoms with Crippen molar-refractivity contribution in [3.8, 4) is 5.75 Å². The van der Waals surface area contributed by atoms with Gasteiger partial charge in [-0.1, -0.05) is 30.3 Å². The third-order valence-corrected chi connectivity index (χ3v) is 7.70. The van der Waals surface area contributed by atoms with Crippen LogP contribution in [-0.4, -0.2) is 42.2 Å². The van der Waals surface area contributed by atoms with E-state index in [1.807, 2.05) is 30.3 Å². The molecule has 0 aromatic heterocycles. The summed E-state index contributed by atoms with van der Waals surface area (Å²) in [5, 5.41) is 0. The zero-order chi connectivity index (χ0) is 21.1. The van der Waals surface area contributed by atoms with Gasteiger partial charge < -0.3 is 4.74 Å². The van der Waals surface area contributed by atoms with Gasteiger partial charge in [0.05, 0.1) is 18.6 Å². The van der Waals surface area contributed by atoms with Gasteiger partial charge in [-0.15, -0.1) is 0 Å². The molecule has 0 radical (unpaired) electrons. The number of hydrogen-bond acceptors (Lipinski definition) is 6. The van der Waals surface area contributed by atoms with Crippen molar-refractivity contribution in [3.05, 3.63) is 54.1 Å². The minimum atomic E-state index is -3.97. The Morgan fingerprint density at radius 3 is 2.48 bits per heavy atom. The van der Waals surface area contributed by atoms with Crippen LogP contribution in [0, 0.1) is 0 Å². The van der Waals surface area contributed by atoms with E-state index in [0.29, 0.717) is 17.1 Å².